The van der Waals surface area contributed by atoms with Crippen molar-refractivity contribution in [3.05, 3.63) is 85.3 Å². The van der Waals surface area contributed by atoms with Crippen LogP contribution in [0.3, 0.4) is 0 Å². The Morgan fingerprint density at radius 2 is 2.03 bits per heavy atom. The summed E-state index contributed by atoms with van der Waals surface area (Å²) in [5.41, 5.74) is 2.75. The summed E-state index contributed by atoms with van der Waals surface area (Å²) in [7, 11) is 0. The van der Waals surface area contributed by atoms with Gasteiger partial charge in [-0.25, -0.2) is 4.79 Å². The second-order valence-electron chi connectivity index (χ2n) is 9.33. The molecule has 2 aliphatic heterocycles. The molecule has 13 heteroatoms. The summed E-state index contributed by atoms with van der Waals surface area (Å²) in [4.78, 5) is 50.6. The summed E-state index contributed by atoms with van der Waals surface area (Å²) in [5, 5.41) is 14.8. The lowest BCUT2D eigenvalue weighted by molar-refractivity contribution is -0.384. The van der Waals surface area contributed by atoms with E-state index in [1.807, 2.05) is 26.0 Å². The number of nitrogens with one attached hydrogen (secondary N) is 1. The lowest BCUT2D eigenvalue weighted by atomic mass is 9.98. The number of nitro groups is 1. The van der Waals surface area contributed by atoms with Crippen molar-refractivity contribution < 1.29 is 19.2 Å². The lowest BCUT2D eigenvalue weighted by Gasteiger charge is -2.35. The molecule has 2 aliphatic rings. The van der Waals surface area contributed by atoms with Gasteiger partial charge >= 0.3 is 6.03 Å². The van der Waals surface area contributed by atoms with Crippen molar-refractivity contribution in [2.45, 2.75) is 32.0 Å². The summed E-state index contributed by atoms with van der Waals surface area (Å²) in [6.45, 7) is 4.17. The Labute approximate surface area is 233 Å². The van der Waals surface area contributed by atoms with E-state index < -0.39 is 23.0 Å². The van der Waals surface area contributed by atoms with Crippen LogP contribution in [-0.4, -0.2) is 63.2 Å². The number of urea groups is 1. The van der Waals surface area contributed by atoms with Gasteiger partial charge in [-0.2, -0.15) is 0 Å². The maximum atomic E-state index is 14.2. The molecule has 39 heavy (non-hydrogen) atoms. The van der Waals surface area contributed by atoms with Crippen LogP contribution in [0.4, 0.5) is 10.5 Å². The predicted molar refractivity (Wildman–Crippen MR) is 146 cm³/mol. The molecule has 1 fully saturated rings. The van der Waals surface area contributed by atoms with Crippen LogP contribution in [-0.2, 0) is 4.79 Å². The highest BCUT2D eigenvalue weighted by atomic mass is 35.5. The monoisotopic (exact) mass is 568 g/mol. The van der Waals surface area contributed by atoms with Gasteiger partial charge in [0.05, 0.1) is 39.1 Å². The van der Waals surface area contributed by atoms with Crippen LogP contribution in [0.25, 0.3) is 0 Å². The van der Waals surface area contributed by atoms with Gasteiger partial charge in [-0.15, -0.1) is 11.3 Å². The van der Waals surface area contributed by atoms with Crippen molar-refractivity contribution in [3.63, 3.8) is 0 Å². The average Bonchev–Trinajstić information content (AvgIpc) is 3.57. The third-order valence-electron chi connectivity index (χ3n) is 6.32. The Kier molecular flexibility index (Phi) is 7.49. The number of nitro benzene ring substituents is 1. The number of halogens is 1. The largest absolute Gasteiger partial charge is 0.490 e. The van der Waals surface area contributed by atoms with Crippen molar-refractivity contribution in [2.24, 2.45) is 4.99 Å². The molecule has 3 heterocycles. The minimum atomic E-state index is -0.600. The Hall–Kier alpha value is -4.03. The number of aromatic nitrogens is 1. The summed E-state index contributed by atoms with van der Waals surface area (Å²) in [5.74, 6) is 0.260. The maximum absolute atomic E-state index is 14.2. The molecule has 0 aliphatic carbocycles. The first kappa shape index (κ1) is 26.6. The molecular weight excluding hydrogens is 544 g/mol. The molecule has 1 N–H and O–H groups in total. The topological polar surface area (TPSA) is 130 Å². The van der Waals surface area contributed by atoms with E-state index in [1.54, 1.807) is 34.8 Å². The molecule has 0 radical (unpaired) electrons. The number of benzene rings is 2. The second-order valence-corrected chi connectivity index (χ2v) is 10.7. The number of piperazine rings is 1. The molecule has 2 aromatic carbocycles. The zero-order valence-corrected chi connectivity index (χ0v) is 22.7. The Morgan fingerprint density at radius 3 is 2.67 bits per heavy atom. The molecule has 0 spiro atoms. The number of carbonyl (C=O) groups is 2. The highest BCUT2D eigenvalue weighted by Gasteiger charge is 2.45. The molecule has 0 unspecified atom stereocenters. The molecule has 5 rings (SSSR count). The molecule has 3 amide bonds. The van der Waals surface area contributed by atoms with Gasteiger partial charge in [0.25, 0.3) is 5.69 Å². The normalized spacial score (nSPS) is 19.2. The second kappa shape index (κ2) is 11.0. The van der Waals surface area contributed by atoms with Crippen molar-refractivity contribution in [2.75, 3.05) is 19.6 Å². The van der Waals surface area contributed by atoms with Crippen LogP contribution in [0.15, 0.2) is 59.2 Å². The Morgan fingerprint density at radius 1 is 1.26 bits per heavy atom. The third kappa shape index (κ3) is 5.43. The van der Waals surface area contributed by atoms with Crippen LogP contribution in [0.1, 0.15) is 41.9 Å². The highest BCUT2D eigenvalue weighted by Crippen LogP contribution is 2.46. The fourth-order valence-electron chi connectivity index (χ4n) is 4.64. The van der Waals surface area contributed by atoms with Crippen molar-refractivity contribution in [1.82, 2.24) is 20.1 Å². The number of hydrogen-bond acceptors (Lipinski definition) is 8. The fourth-order valence-corrected chi connectivity index (χ4v) is 5.46. The smallest absolute Gasteiger partial charge is 0.326 e. The van der Waals surface area contributed by atoms with Gasteiger partial charge in [0.15, 0.2) is 0 Å². The molecule has 0 saturated carbocycles. The number of aliphatic imine (C=N–C) groups is 1. The summed E-state index contributed by atoms with van der Waals surface area (Å²) in [6.07, 6.45) is 1.41. The van der Waals surface area contributed by atoms with E-state index in [0.717, 1.165) is 10.4 Å². The molecule has 0 bridgehead atoms. The van der Waals surface area contributed by atoms with Crippen LogP contribution >= 0.6 is 22.9 Å². The molecule has 202 valence electrons. The van der Waals surface area contributed by atoms with E-state index in [-0.39, 0.29) is 35.8 Å². The number of carbonyl (C=O) groups excluding carboxylic acids is 2. The van der Waals surface area contributed by atoms with E-state index in [1.165, 1.54) is 28.4 Å². The number of rotatable bonds is 6. The summed E-state index contributed by atoms with van der Waals surface area (Å²) in [6, 6.07) is 9.87. The average molecular weight is 569 g/mol. The molecule has 1 saturated heterocycles. The number of thiazole rings is 1. The maximum Gasteiger partial charge on any atom is 0.326 e. The number of amidine groups is 1. The number of amides is 3. The van der Waals surface area contributed by atoms with Crippen molar-refractivity contribution in [3.8, 4) is 5.75 Å². The van der Waals surface area contributed by atoms with Gasteiger partial charge in [-0.3, -0.25) is 29.8 Å². The summed E-state index contributed by atoms with van der Waals surface area (Å²) < 4.78 is 5.99. The third-order valence-corrected chi connectivity index (χ3v) is 7.41. The van der Waals surface area contributed by atoms with Gasteiger partial charge in [-0.05, 0) is 37.6 Å². The summed E-state index contributed by atoms with van der Waals surface area (Å²) >= 11 is 7.59. The van der Waals surface area contributed by atoms with Crippen LogP contribution in [0, 0.1) is 10.1 Å². The van der Waals surface area contributed by atoms with Gasteiger partial charge in [0.1, 0.15) is 24.2 Å². The van der Waals surface area contributed by atoms with Crippen molar-refractivity contribution in [1.29, 1.82) is 0 Å². The van der Waals surface area contributed by atoms with E-state index in [2.05, 4.69) is 10.3 Å². The quantitative estimate of drug-likeness (QED) is 0.342. The van der Waals surface area contributed by atoms with E-state index >= 15 is 0 Å². The van der Waals surface area contributed by atoms with Crippen LogP contribution < -0.4 is 10.1 Å². The van der Waals surface area contributed by atoms with Crippen LogP contribution in [0.5, 0.6) is 5.75 Å². The lowest BCUT2D eigenvalue weighted by Crippen LogP contribution is -2.55. The number of hydrogen-bond donors (Lipinski definition) is 1. The number of non-ortho nitro benzene ring substituents is 1. The molecule has 11 nitrogen and oxygen atoms in total. The standard InChI is InChI=1S/C26H25ClN6O5S/c1-15(2)38-20-11-18(33(36)37)7-8-19(20)25-30-23(21-12-28-14-39-21)24(16-3-5-17(27)6-4-16)32(25)26(35)31-10-9-29-22(34)13-31/h3-8,11-12,14-15,23-24H,9-10,13H2,1-2H3,(H,29,34)/t23-,24+/m0/s1. The Bertz CT molecular complexity index is 1430. The SMILES string of the molecule is CC(C)Oc1cc([N+](=O)[O-])ccc1C1=N[C@@H](c2cncs2)[C@@H](c2ccc(Cl)cc2)N1C(=O)N1CCNC(=O)C1. The van der Waals surface area contributed by atoms with E-state index in [4.69, 9.17) is 21.3 Å². The van der Waals surface area contributed by atoms with Gasteiger partial charge in [0, 0.05) is 30.4 Å². The zero-order chi connectivity index (χ0) is 27.7. The first-order valence-electron chi connectivity index (χ1n) is 12.2. The molecule has 3 aromatic rings. The van der Waals surface area contributed by atoms with Gasteiger partial charge in [0.2, 0.25) is 5.91 Å². The van der Waals surface area contributed by atoms with Crippen molar-refractivity contribution >= 4 is 46.4 Å². The van der Waals surface area contributed by atoms with E-state index in [9.17, 15) is 19.7 Å². The molecule has 2 atom stereocenters. The molecule has 1 aromatic heterocycles. The van der Waals surface area contributed by atoms with Gasteiger partial charge < -0.3 is 15.0 Å². The first-order valence-corrected chi connectivity index (χ1v) is 13.5. The van der Waals surface area contributed by atoms with Crippen LogP contribution in [0.2, 0.25) is 5.02 Å². The van der Waals surface area contributed by atoms with Gasteiger partial charge in [-0.1, -0.05) is 23.7 Å². The molecular formula is C26H25ClN6O5S. The highest BCUT2D eigenvalue weighted by molar-refractivity contribution is 7.09. The minimum absolute atomic E-state index is 0.100. The zero-order valence-electron chi connectivity index (χ0n) is 21.1. The first-order chi connectivity index (χ1) is 18.7. The fraction of sp³-hybridized carbons (Fsp3) is 0.308. The Balaban J connectivity index is 1.70. The number of ether oxygens (including phenoxy) is 1. The number of nitrogens with zero attached hydrogens (tertiary/aromatic N) is 5. The van der Waals surface area contributed by atoms with E-state index in [0.29, 0.717) is 23.7 Å². The predicted octanol–water partition coefficient (Wildman–Crippen LogP) is 4.59. The minimum Gasteiger partial charge on any atom is -0.490 e.